The molecule has 1 saturated heterocycles. The summed E-state index contributed by atoms with van der Waals surface area (Å²) in [7, 11) is 0. The highest BCUT2D eigenvalue weighted by atomic mass is 16.3. The van der Waals surface area contributed by atoms with Crippen LogP contribution in [0.4, 0.5) is 0 Å². The molecule has 0 saturated carbocycles. The van der Waals surface area contributed by atoms with Gasteiger partial charge in [-0.2, -0.15) is 0 Å². The third-order valence-electron chi connectivity index (χ3n) is 5.78. The molecular formula is C26H28N2O2. The Morgan fingerprint density at radius 2 is 1.23 bits per heavy atom. The average molecular weight is 401 g/mol. The second kappa shape index (κ2) is 9.16. The first kappa shape index (κ1) is 20.2. The number of hydrogen-bond acceptors (Lipinski definition) is 4. The molecule has 0 bridgehead atoms. The fourth-order valence-corrected chi connectivity index (χ4v) is 4.06. The van der Waals surface area contributed by atoms with Crippen molar-refractivity contribution in [3.8, 4) is 11.5 Å². The lowest BCUT2D eigenvalue weighted by molar-refractivity contribution is 0.165. The summed E-state index contributed by atoms with van der Waals surface area (Å²) in [6, 6.07) is 25.5. The van der Waals surface area contributed by atoms with Crippen molar-refractivity contribution in [2.75, 3.05) is 13.1 Å². The lowest BCUT2D eigenvalue weighted by Gasteiger charge is -2.29. The molecule has 1 fully saturated rings. The highest BCUT2D eigenvalue weighted by molar-refractivity contribution is 5.64. The van der Waals surface area contributed by atoms with Crippen LogP contribution in [0.1, 0.15) is 23.6 Å². The summed E-state index contributed by atoms with van der Waals surface area (Å²) < 4.78 is 0. The minimum absolute atomic E-state index is 0.0735. The Hall–Kier alpha value is -3.08. The van der Waals surface area contributed by atoms with Gasteiger partial charge in [-0.3, -0.25) is 9.80 Å². The lowest BCUT2D eigenvalue weighted by atomic mass is 10.1. The van der Waals surface area contributed by atoms with Crippen LogP contribution in [-0.4, -0.2) is 39.3 Å². The first-order chi connectivity index (χ1) is 14.6. The van der Waals surface area contributed by atoms with Crippen molar-refractivity contribution in [3.63, 3.8) is 0 Å². The minimum Gasteiger partial charge on any atom is -0.508 e. The maximum absolute atomic E-state index is 10.3. The van der Waals surface area contributed by atoms with Crippen molar-refractivity contribution >= 4 is 5.57 Å². The highest BCUT2D eigenvalue weighted by Gasteiger charge is 2.31. The van der Waals surface area contributed by atoms with Crippen LogP contribution < -0.4 is 0 Å². The Kier molecular flexibility index (Phi) is 6.17. The SMILES string of the molecule is C/C(=C\C1N(Cc2ccccc2O)CCN1Cc1ccccc1O)c1ccccc1. The summed E-state index contributed by atoms with van der Waals surface area (Å²) in [4.78, 5) is 4.75. The number of para-hydroxylation sites is 2. The molecule has 30 heavy (non-hydrogen) atoms. The van der Waals surface area contributed by atoms with Gasteiger partial charge < -0.3 is 10.2 Å². The Morgan fingerprint density at radius 3 is 1.73 bits per heavy atom. The van der Waals surface area contributed by atoms with Gasteiger partial charge in [-0.25, -0.2) is 0 Å². The van der Waals surface area contributed by atoms with Gasteiger partial charge in [0.15, 0.2) is 0 Å². The molecule has 0 aromatic heterocycles. The maximum Gasteiger partial charge on any atom is 0.120 e. The maximum atomic E-state index is 10.3. The number of phenolic OH excluding ortho intramolecular Hbond substituents is 2. The fourth-order valence-electron chi connectivity index (χ4n) is 4.06. The molecule has 1 aliphatic heterocycles. The number of hydrogen-bond donors (Lipinski definition) is 2. The van der Waals surface area contributed by atoms with E-state index in [0.717, 1.165) is 24.2 Å². The van der Waals surface area contributed by atoms with E-state index >= 15 is 0 Å². The molecule has 154 valence electrons. The van der Waals surface area contributed by atoms with Crippen LogP contribution in [0.3, 0.4) is 0 Å². The molecule has 2 N–H and O–H groups in total. The van der Waals surface area contributed by atoms with E-state index in [1.165, 1.54) is 11.1 Å². The van der Waals surface area contributed by atoms with Gasteiger partial charge in [0.05, 0.1) is 6.17 Å². The number of rotatable bonds is 6. The van der Waals surface area contributed by atoms with Crippen LogP contribution in [0.15, 0.2) is 84.9 Å². The zero-order valence-corrected chi connectivity index (χ0v) is 17.3. The molecule has 0 radical (unpaired) electrons. The van der Waals surface area contributed by atoms with E-state index in [0.29, 0.717) is 24.6 Å². The van der Waals surface area contributed by atoms with E-state index in [-0.39, 0.29) is 6.17 Å². The average Bonchev–Trinajstić information content (AvgIpc) is 3.13. The van der Waals surface area contributed by atoms with E-state index in [9.17, 15) is 10.2 Å². The first-order valence-corrected chi connectivity index (χ1v) is 10.4. The fraction of sp³-hybridized carbons (Fsp3) is 0.231. The van der Waals surface area contributed by atoms with Gasteiger partial charge in [-0.15, -0.1) is 0 Å². The van der Waals surface area contributed by atoms with Gasteiger partial charge >= 0.3 is 0 Å². The molecule has 0 spiro atoms. The van der Waals surface area contributed by atoms with E-state index < -0.39 is 0 Å². The Balaban J connectivity index is 1.63. The van der Waals surface area contributed by atoms with Crippen LogP contribution in [0.25, 0.3) is 5.57 Å². The standard InChI is InChI=1S/C26H28N2O2/c1-20(21-9-3-2-4-10-21)17-26-27(18-22-11-5-7-13-24(22)29)15-16-28(26)19-23-12-6-8-14-25(23)30/h2-14,17,26,29-30H,15-16,18-19H2,1H3/b20-17+. The predicted molar refractivity (Wildman–Crippen MR) is 121 cm³/mol. The third kappa shape index (κ3) is 4.56. The largest absolute Gasteiger partial charge is 0.508 e. The molecular weight excluding hydrogens is 372 g/mol. The molecule has 0 atom stereocenters. The van der Waals surface area contributed by atoms with Gasteiger partial charge in [0.2, 0.25) is 0 Å². The van der Waals surface area contributed by atoms with Crippen LogP contribution in [-0.2, 0) is 13.1 Å². The van der Waals surface area contributed by atoms with Crippen LogP contribution >= 0.6 is 0 Å². The second-order valence-corrected chi connectivity index (χ2v) is 7.83. The molecule has 1 heterocycles. The quantitative estimate of drug-likeness (QED) is 0.621. The predicted octanol–water partition coefficient (Wildman–Crippen LogP) is 4.85. The van der Waals surface area contributed by atoms with E-state index in [2.05, 4.69) is 47.1 Å². The smallest absolute Gasteiger partial charge is 0.120 e. The van der Waals surface area contributed by atoms with Crippen molar-refractivity contribution in [3.05, 3.63) is 102 Å². The van der Waals surface area contributed by atoms with E-state index in [1.54, 1.807) is 12.1 Å². The van der Waals surface area contributed by atoms with Crippen molar-refractivity contribution in [2.45, 2.75) is 26.2 Å². The zero-order chi connectivity index (χ0) is 20.9. The van der Waals surface area contributed by atoms with Gasteiger partial charge in [0.25, 0.3) is 0 Å². The highest BCUT2D eigenvalue weighted by Crippen LogP contribution is 2.28. The Morgan fingerprint density at radius 1 is 0.767 bits per heavy atom. The third-order valence-corrected chi connectivity index (χ3v) is 5.78. The van der Waals surface area contributed by atoms with Gasteiger partial charge in [-0.1, -0.05) is 66.7 Å². The summed E-state index contributed by atoms with van der Waals surface area (Å²) in [6.45, 7) is 5.28. The molecule has 0 amide bonds. The van der Waals surface area contributed by atoms with E-state index in [4.69, 9.17) is 0 Å². The molecule has 3 aromatic carbocycles. The molecule has 3 aromatic rings. The monoisotopic (exact) mass is 400 g/mol. The molecule has 0 aliphatic carbocycles. The molecule has 4 nitrogen and oxygen atoms in total. The Labute approximate surface area is 178 Å². The Bertz CT molecular complexity index is 961. The number of benzene rings is 3. The summed E-state index contributed by atoms with van der Waals surface area (Å²) in [5.74, 6) is 0.665. The molecule has 1 aliphatic rings. The van der Waals surface area contributed by atoms with Crippen molar-refractivity contribution in [1.29, 1.82) is 0 Å². The topological polar surface area (TPSA) is 46.9 Å². The molecule has 0 unspecified atom stereocenters. The normalized spacial score (nSPS) is 16.2. The number of nitrogens with zero attached hydrogens (tertiary/aromatic N) is 2. The summed E-state index contributed by atoms with van der Waals surface area (Å²) in [5, 5.41) is 20.5. The van der Waals surface area contributed by atoms with Gasteiger partial charge in [-0.05, 0) is 36.3 Å². The summed E-state index contributed by atoms with van der Waals surface area (Å²) in [6.07, 6.45) is 2.37. The summed E-state index contributed by atoms with van der Waals surface area (Å²) in [5.41, 5.74) is 4.27. The van der Waals surface area contributed by atoms with Crippen LogP contribution in [0, 0.1) is 0 Å². The van der Waals surface area contributed by atoms with Crippen LogP contribution in [0.5, 0.6) is 11.5 Å². The number of allylic oxidation sites excluding steroid dienone is 1. The van der Waals surface area contributed by atoms with Crippen LogP contribution in [0.2, 0.25) is 0 Å². The van der Waals surface area contributed by atoms with Crippen molar-refractivity contribution in [2.24, 2.45) is 0 Å². The second-order valence-electron chi connectivity index (χ2n) is 7.83. The number of phenols is 2. The molecule has 4 heteroatoms. The van der Waals surface area contributed by atoms with E-state index in [1.807, 2.05) is 42.5 Å². The molecule has 4 rings (SSSR count). The van der Waals surface area contributed by atoms with Gasteiger partial charge in [0, 0.05) is 37.3 Å². The summed E-state index contributed by atoms with van der Waals surface area (Å²) >= 11 is 0. The number of aromatic hydroxyl groups is 2. The zero-order valence-electron chi connectivity index (χ0n) is 17.3. The lowest BCUT2D eigenvalue weighted by Crippen LogP contribution is -2.36. The minimum atomic E-state index is 0.0735. The van der Waals surface area contributed by atoms with Crippen molar-refractivity contribution < 1.29 is 10.2 Å². The van der Waals surface area contributed by atoms with Gasteiger partial charge in [0.1, 0.15) is 11.5 Å². The first-order valence-electron chi connectivity index (χ1n) is 10.4. The van der Waals surface area contributed by atoms with Crippen molar-refractivity contribution in [1.82, 2.24) is 9.80 Å².